The van der Waals surface area contributed by atoms with E-state index in [1.165, 1.54) is 0 Å². The number of H-pyrrole nitrogens is 1. The third kappa shape index (κ3) is 2.59. The molecule has 140 valence electrons. The molecule has 0 radical (unpaired) electrons. The third-order valence-corrected chi connectivity index (χ3v) is 5.99. The molecule has 2 aliphatic heterocycles. The number of hydrogen-bond donors (Lipinski definition) is 1. The van der Waals surface area contributed by atoms with Gasteiger partial charge in [-0.05, 0) is 24.0 Å². The normalized spacial score (nSPS) is 19.0. The number of aromatic nitrogens is 2. The van der Waals surface area contributed by atoms with Gasteiger partial charge in [-0.25, -0.2) is 4.98 Å². The van der Waals surface area contributed by atoms with E-state index in [2.05, 4.69) is 16.0 Å². The average Bonchev–Trinajstić information content (AvgIpc) is 3.05. The number of nitrogens with one attached hydrogen (secondary N) is 1. The summed E-state index contributed by atoms with van der Waals surface area (Å²) in [5, 5.41) is 9.88. The van der Waals surface area contributed by atoms with Gasteiger partial charge in [-0.15, -0.1) is 0 Å². The summed E-state index contributed by atoms with van der Waals surface area (Å²) in [4.78, 5) is 37.3. The van der Waals surface area contributed by atoms with Crippen molar-refractivity contribution in [3.05, 3.63) is 29.1 Å². The Bertz CT molecular complexity index is 967. The number of hydrogen-bond acceptors (Lipinski definition) is 4. The van der Waals surface area contributed by atoms with Crippen molar-refractivity contribution in [3.63, 3.8) is 0 Å². The number of nitriles is 1. The number of amides is 2. The predicted octanol–water partition coefficient (Wildman–Crippen LogP) is 2.22. The molecule has 0 saturated carbocycles. The van der Waals surface area contributed by atoms with E-state index in [0.29, 0.717) is 30.8 Å². The maximum atomic E-state index is 13.2. The van der Waals surface area contributed by atoms with Gasteiger partial charge in [0.1, 0.15) is 11.7 Å². The van der Waals surface area contributed by atoms with Crippen LogP contribution in [0.1, 0.15) is 41.8 Å². The van der Waals surface area contributed by atoms with E-state index in [1.807, 2.05) is 20.8 Å². The molecule has 0 bridgehead atoms. The van der Waals surface area contributed by atoms with Crippen LogP contribution in [0.25, 0.3) is 11.0 Å². The molecule has 2 atom stereocenters. The van der Waals surface area contributed by atoms with Crippen molar-refractivity contribution in [1.82, 2.24) is 19.8 Å². The zero-order valence-corrected chi connectivity index (χ0v) is 15.8. The van der Waals surface area contributed by atoms with Gasteiger partial charge >= 0.3 is 0 Å². The Kier molecular flexibility index (Phi) is 4.14. The number of aryl methyl sites for hydroxylation is 1. The zero-order valence-electron chi connectivity index (χ0n) is 15.8. The zero-order chi connectivity index (χ0) is 19.3. The number of pyridine rings is 1. The van der Waals surface area contributed by atoms with Crippen LogP contribution in [-0.4, -0.2) is 50.7 Å². The predicted molar refractivity (Wildman–Crippen MR) is 99.6 cm³/mol. The lowest BCUT2D eigenvalue weighted by atomic mass is 9.90. The fourth-order valence-electron chi connectivity index (χ4n) is 4.08. The summed E-state index contributed by atoms with van der Waals surface area (Å²) in [6.45, 7) is 7.35. The minimum Gasteiger partial charge on any atom is -0.345 e. The summed E-state index contributed by atoms with van der Waals surface area (Å²) >= 11 is 0. The van der Waals surface area contributed by atoms with Crippen molar-refractivity contribution in [2.45, 2.75) is 39.8 Å². The second-order valence-electron chi connectivity index (χ2n) is 7.68. The quantitative estimate of drug-likeness (QED) is 0.899. The lowest BCUT2D eigenvalue weighted by molar-refractivity contribution is -0.143. The highest BCUT2D eigenvalue weighted by Crippen LogP contribution is 2.34. The molecule has 2 unspecified atom stereocenters. The summed E-state index contributed by atoms with van der Waals surface area (Å²) in [7, 11) is 0. The van der Waals surface area contributed by atoms with E-state index in [-0.39, 0.29) is 23.7 Å². The molecule has 7 nitrogen and oxygen atoms in total. The monoisotopic (exact) mass is 365 g/mol. The minimum atomic E-state index is -0.521. The van der Waals surface area contributed by atoms with E-state index in [0.717, 1.165) is 22.9 Å². The van der Waals surface area contributed by atoms with Crippen molar-refractivity contribution in [2.24, 2.45) is 11.8 Å². The van der Waals surface area contributed by atoms with Crippen LogP contribution in [0.3, 0.4) is 0 Å². The number of nitrogens with zero attached hydrogens (tertiary/aromatic N) is 4. The summed E-state index contributed by atoms with van der Waals surface area (Å²) in [6.07, 6.45) is 4.29. The van der Waals surface area contributed by atoms with Crippen LogP contribution in [0, 0.1) is 30.1 Å². The van der Waals surface area contributed by atoms with Gasteiger partial charge in [0.05, 0.1) is 17.6 Å². The summed E-state index contributed by atoms with van der Waals surface area (Å²) < 4.78 is 0. The molecule has 0 aromatic carbocycles. The summed E-state index contributed by atoms with van der Waals surface area (Å²) in [6, 6.07) is 1.68. The van der Waals surface area contributed by atoms with Crippen LogP contribution in [-0.2, 0) is 11.3 Å². The highest BCUT2D eigenvalue weighted by atomic mass is 16.2. The molecule has 2 aromatic heterocycles. The van der Waals surface area contributed by atoms with E-state index in [1.54, 1.807) is 22.2 Å². The van der Waals surface area contributed by atoms with E-state index in [4.69, 9.17) is 5.26 Å². The maximum absolute atomic E-state index is 13.2. The van der Waals surface area contributed by atoms with Crippen molar-refractivity contribution in [3.8, 4) is 6.07 Å². The molecule has 2 aromatic rings. The average molecular weight is 365 g/mol. The largest absolute Gasteiger partial charge is 0.345 e. The molecular weight excluding hydrogens is 342 g/mol. The molecular formula is C20H23N5O2. The fourth-order valence-corrected chi connectivity index (χ4v) is 4.08. The fraction of sp³-hybridized carbons (Fsp3) is 0.500. The second-order valence-corrected chi connectivity index (χ2v) is 7.68. The highest BCUT2D eigenvalue weighted by molar-refractivity contribution is 6.10. The molecule has 0 spiro atoms. The molecule has 0 aliphatic carbocycles. The van der Waals surface area contributed by atoms with Crippen LogP contribution in [0.5, 0.6) is 0 Å². The van der Waals surface area contributed by atoms with Crippen molar-refractivity contribution < 1.29 is 9.59 Å². The molecule has 7 heteroatoms. The third-order valence-electron chi connectivity index (χ3n) is 5.99. The Hall–Kier alpha value is -2.88. The van der Waals surface area contributed by atoms with Crippen LogP contribution in [0.15, 0.2) is 12.4 Å². The second kappa shape index (κ2) is 6.38. The Morgan fingerprint density at radius 2 is 2.22 bits per heavy atom. The lowest BCUT2D eigenvalue weighted by Gasteiger charge is -2.43. The van der Waals surface area contributed by atoms with Gasteiger partial charge in [-0.1, -0.05) is 20.3 Å². The van der Waals surface area contributed by atoms with Crippen LogP contribution in [0.2, 0.25) is 0 Å². The van der Waals surface area contributed by atoms with Gasteiger partial charge in [0.15, 0.2) is 0 Å². The van der Waals surface area contributed by atoms with E-state index >= 15 is 0 Å². The van der Waals surface area contributed by atoms with Gasteiger partial charge in [0.2, 0.25) is 5.91 Å². The molecule has 4 heterocycles. The first-order valence-corrected chi connectivity index (χ1v) is 9.41. The summed E-state index contributed by atoms with van der Waals surface area (Å²) in [5.41, 5.74) is 3.37. The summed E-state index contributed by atoms with van der Waals surface area (Å²) in [5.74, 6) is -0.244. The number of carbonyl (C=O) groups is 2. The van der Waals surface area contributed by atoms with E-state index < -0.39 is 6.04 Å². The first-order valence-electron chi connectivity index (χ1n) is 9.41. The first-order chi connectivity index (χ1) is 13.0. The van der Waals surface area contributed by atoms with Gasteiger partial charge in [-0.3, -0.25) is 9.59 Å². The lowest BCUT2D eigenvalue weighted by Crippen LogP contribution is -2.59. The van der Waals surface area contributed by atoms with Crippen molar-refractivity contribution in [2.75, 3.05) is 13.1 Å². The molecule has 4 rings (SSSR count). The molecule has 2 amide bonds. The smallest absolute Gasteiger partial charge is 0.257 e. The number of aromatic amines is 1. The first kappa shape index (κ1) is 17.5. The molecule has 1 saturated heterocycles. The molecule has 1 N–H and O–H groups in total. The van der Waals surface area contributed by atoms with Gasteiger partial charge in [0.25, 0.3) is 5.91 Å². The van der Waals surface area contributed by atoms with Gasteiger partial charge < -0.3 is 14.8 Å². The van der Waals surface area contributed by atoms with Gasteiger partial charge in [-0.2, -0.15) is 5.26 Å². The maximum Gasteiger partial charge on any atom is 0.257 e. The molecule has 27 heavy (non-hydrogen) atoms. The van der Waals surface area contributed by atoms with Crippen molar-refractivity contribution >= 4 is 22.8 Å². The van der Waals surface area contributed by atoms with Crippen LogP contribution in [0.4, 0.5) is 0 Å². The highest BCUT2D eigenvalue weighted by Gasteiger charge is 2.43. The molecule has 1 fully saturated rings. The number of rotatable bonds is 4. The Balaban J connectivity index is 1.71. The van der Waals surface area contributed by atoms with Crippen LogP contribution >= 0.6 is 0 Å². The Morgan fingerprint density at radius 3 is 2.89 bits per heavy atom. The van der Waals surface area contributed by atoms with Crippen molar-refractivity contribution in [1.29, 1.82) is 5.26 Å². The minimum absolute atomic E-state index is 0.0284. The van der Waals surface area contributed by atoms with Crippen LogP contribution < -0.4 is 0 Å². The van der Waals surface area contributed by atoms with E-state index in [9.17, 15) is 9.59 Å². The Labute approximate surface area is 158 Å². The number of carbonyl (C=O) groups excluding carboxylic acids is 2. The topological polar surface area (TPSA) is 93.1 Å². The SMILES string of the molecule is CCC(C)C(C(=O)N1CC(C#N)C1)N1Cc2c(C)cnc3[nH]cc(c23)C1=O. The number of likely N-dealkylation sites (tertiary alicyclic amines) is 1. The standard InChI is InChI=1S/C20H23N5O2/c1-4-11(2)17(20(27)24-8-13(5-21)9-24)25-10-15-12(3)6-22-18-16(15)14(7-23-18)19(25)26/h6-7,11,13,17H,4,8-10H2,1-3H3,(H,22,23). The van der Waals surface area contributed by atoms with Gasteiger partial charge in [0, 0.05) is 37.4 Å². The Morgan fingerprint density at radius 1 is 1.48 bits per heavy atom. The molecule has 2 aliphatic rings.